The van der Waals surface area contributed by atoms with Crippen LogP contribution >= 0.6 is 0 Å². The molecule has 0 amide bonds. The molecule has 21 heavy (non-hydrogen) atoms. The Morgan fingerprint density at radius 3 is 2.67 bits per heavy atom. The Bertz CT molecular complexity index is 624. The predicted octanol–water partition coefficient (Wildman–Crippen LogP) is 2.27. The average Bonchev–Trinajstić information content (AvgIpc) is 2.81. The Balaban J connectivity index is 2.40. The number of pyridine rings is 1. The van der Waals surface area contributed by atoms with Crippen LogP contribution in [0.5, 0.6) is 0 Å². The number of carbonyl (C=O) groups is 1. The van der Waals surface area contributed by atoms with E-state index in [1.807, 2.05) is 0 Å². The summed E-state index contributed by atoms with van der Waals surface area (Å²) >= 11 is 0. The number of carboxylic acids is 1. The van der Waals surface area contributed by atoms with Gasteiger partial charge in [0.2, 0.25) is 0 Å². The van der Waals surface area contributed by atoms with Crippen LogP contribution < -0.4 is 4.90 Å². The van der Waals surface area contributed by atoms with Gasteiger partial charge in [-0.2, -0.15) is 18.4 Å². The van der Waals surface area contributed by atoms with E-state index in [4.69, 9.17) is 10.4 Å². The summed E-state index contributed by atoms with van der Waals surface area (Å²) in [6, 6.07) is 3.59. The van der Waals surface area contributed by atoms with E-state index in [0.29, 0.717) is 0 Å². The lowest BCUT2D eigenvalue weighted by Crippen LogP contribution is -2.32. The van der Waals surface area contributed by atoms with Gasteiger partial charge < -0.3 is 10.0 Å². The third kappa shape index (κ3) is 2.77. The van der Waals surface area contributed by atoms with Gasteiger partial charge in [0.25, 0.3) is 0 Å². The average molecular weight is 299 g/mol. The molecule has 2 heterocycles. The fourth-order valence-electron chi connectivity index (χ4n) is 2.25. The third-order valence-electron chi connectivity index (χ3n) is 3.58. The minimum absolute atomic E-state index is 0.00219. The van der Waals surface area contributed by atoms with Crippen LogP contribution in [-0.2, 0) is 11.0 Å². The summed E-state index contributed by atoms with van der Waals surface area (Å²) in [4.78, 5) is 16.1. The van der Waals surface area contributed by atoms with Crippen molar-refractivity contribution in [3.8, 4) is 6.07 Å². The van der Waals surface area contributed by atoms with Crippen molar-refractivity contribution in [3.05, 3.63) is 23.4 Å². The first-order chi connectivity index (χ1) is 9.67. The summed E-state index contributed by atoms with van der Waals surface area (Å²) in [5, 5.41) is 18.2. The molecule has 1 fully saturated rings. The van der Waals surface area contributed by atoms with E-state index in [0.717, 1.165) is 12.1 Å². The molecule has 112 valence electrons. The van der Waals surface area contributed by atoms with E-state index in [9.17, 15) is 18.0 Å². The molecule has 0 radical (unpaired) electrons. The number of anilines is 1. The standard InChI is InChI=1S/C13H12F3N3O2/c1-12(11(20)21)4-5-19(7-12)10-8(6-17)2-3-9(18-10)13(14,15)16/h2-3H,4-5,7H2,1H3,(H,20,21). The van der Waals surface area contributed by atoms with Crippen LogP contribution in [0.2, 0.25) is 0 Å². The normalized spacial score (nSPS) is 22.1. The Morgan fingerprint density at radius 1 is 1.52 bits per heavy atom. The Hall–Kier alpha value is -2.30. The van der Waals surface area contributed by atoms with Crippen LogP contribution in [-0.4, -0.2) is 29.1 Å². The molecule has 0 aromatic carbocycles. The highest BCUT2D eigenvalue weighted by Gasteiger charge is 2.42. The van der Waals surface area contributed by atoms with E-state index in [-0.39, 0.29) is 30.9 Å². The topological polar surface area (TPSA) is 77.2 Å². The molecule has 0 bridgehead atoms. The number of alkyl halides is 3. The number of aromatic nitrogens is 1. The van der Waals surface area contributed by atoms with Crippen molar-refractivity contribution in [1.82, 2.24) is 4.98 Å². The van der Waals surface area contributed by atoms with Gasteiger partial charge in [0.05, 0.1) is 11.0 Å². The minimum Gasteiger partial charge on any atom is -0.481 e. The van der Waals surface area contributed by atoms with Gasteiger partial charge in [-0.1, -0.05) is 0 Å². The third-order valence-corrected chi connectivity index (χ3v) is 3.58. The first-order valence-electron chi connectivity index (χ1n) is 6.14. The fourth-order valence-corrected chi connectivity index (χ4v) is 2.25. The van der Waals surface area contributed by atoms with Crippen LogP contribution in [0.15, 0.2) is 12.1 Å². The number of nitriles is 1. The van der Waals surface area contributed by atoms with Gasteiger partial charge in [0.15, 0.2) is 0 Å². The van der Waals surface area contributed by atoms with E-state index in [1.54, 1.807) is 6.07 Å². The van der Waals surface area contributed by atoms with Crippen LogP contribution in [0, 0.1) is 16.7 Å². The Kier molecular flexibility index (Phi) is 3.53. The zero-order chi connectivity index (χ0) is 15.8. The summed E-state index contributed by atoms with van der Waals surface area (Å²) < 4.78 is 38.1. The molecule has 1 aromatic heterocycles. The summed E-state index contributed by atoms with van der Waals surface area (Å²) in [6.07, 6.45) is -4.33. The SMILES string of the molecule is CC1(C(=O)O)CCN(c2nc(C(F)(F)F)ccc2C#N)C1. The first kappa shape index (κ1) is 15.1. The van der Waals surface area contributed by atoms with E-state index < -0.39 is 23.3 Å². The Labute approximate surface area is 118 Å². The zero-order valence-corrected chi connectivity index (χ0v) is 11.1. The monoisotopic (exact) mass is 299 g/mol. The van der Waals surface area contributed by atoms with E-state index >= 15 is 0 Å². The maximum Gasteiger partial charge on any atom is 0.433 e. The van der Waals surface area contributed by atoms with Gasteiger partial charge in [-0.25, -0.2) is 4.98 Å². The van der Waals surface area contributed by atoms with Gasteiger partial charge in [0.1, 0.15) is 17.6 Å². The zero-order valence-electron chi connectivity index (χ0n) is 11.1. The van der Waals surface area contributed by atoms with Gasteiger partial charge in [-0.05, 0) is 25.5 Å². The second-order valence-electron chi connectivity index (χ2n) is 5.21. The Morgan fingerprint density at radius 2 is 2.19 bits per heavy atom. The molecule has 1 unspecified atom stereocenters. The van der Waals surface area contributed by atoms with Crippen LogP contribution in [0.4, 0.5) is 19.0 Å². The van der Waals surface area contributed by atoms with Crippen molar-refractivity contribution in [2.75, 3.05) is 18.0 Å². The number of nitrogens with zero attached hydrogens (tertiary/aromatic N) is 3. The van der Waals surface area contributed by atoms with Crippen LogP contribution in [0.25, 0.3) is 0 Å². The largest absolute Gasteiger partial charge is 0.481 e. The fraction of sp³-hybridized carbons (Fsp3) is 0.462. The first-order valence-corrected chi connectivity index (χ1v) is 6.14. The van der Waals surface area contributed by atoms with Crippen LogP contribution in [0.1, 0.15) is 24.6 Å². The van der Waals surface area contributed by atoms with E-state index in [1.165, 1.54) is 11.8 Å². The lowest BCUT2D eigenvalue weighted by Gasteiger charge is -2.22. The number of halogens is 3. The summed E-state index contributed by atoms with van der Waals surface area (Å²) in [7, 11) is 0. The van der Waals surface area contributed by atoms with Gasteiger partial charge in [0, 0.05) is 13.1 Å². The smallest absolute Gasteiger partial charge is 0.433 e. The molecule has 2 rings (SSSR count). The number of carboxylic acid groups (broad SMARTS) is 1. The molecule has 0 spiro atoms. The molecular weight excluding hydrogens is 287 g/mol. The molecule has 1 aliphatic heterocycles. The lowest BCUT2D eigenvalue weighted by atomic mass is 9.90. The quantitative estimate of drug-likeness (QED) is 0.906. The maximum atomic E-state index is 12.7. The highest BCUT2D eigenvalue weighted by Crippen LogP contribution is 2.36. The molecule has 0 aliphatic carbocycles. The second-order valence-corrected chi connectivity index (χ2v) is 5.21. The van der Waals surface area contributed by atoms with Gasteiger partial charge in [-0.3, -0.25) is 4.79 Å². The molecule has 8 heteroatoms. The molecule has 1 aliphatic rings. The van der Waals surface area contributed by atoms with Gasteiger partial charge >= 0.3 is 12.1 Å². The number of hydrogen-bond acceptors (Lipinski definition) is 4. The van der Waals surface area contributed by atoms with Crippen molar-refractivity contribution in [3.63, 3.8) is 0 Å². The molecule has 0 saturated carbocycles. The highest BCUT2D eigenvalue weighted by atomic mass is 19.4. The number of aliphatic carboxylic acids is 1. The van der Waals surface area contributed by atoms with Crippen molar-refractivity contribution in [2.24, 2.45) is 5.41 Å². The van der Waals surface area contributed by atoms with Crippen LogP contribution in [0.3, 0.4) is 0 Å². The van der Waals surface area contributed by atoms with E-state index in [2.05, 4.69) is 4.98 Å². The number of hydrogen-bond donors (Lipinski definition) is 1. The number of rotatable bonds is 2. The molecular formula is C13H12F3N3O2. The highest BCUT2D eigenvalue weighted by molar-refractivity contribution is 5.76. The molecule has 5 nitrogen and oxygen atoms in total. The minimum atomic E-state index is -4.61. The predicted molar refractivity (Wildman–Crippen MR) is 66.5 cm³/mol. The second kappa shape index (κ2) is 4.91. The van der Waals surface area contributed by atoms with Crippen molar-refractivity contribution < 1.29 is 23.1 Å². The summed E-state index contributed by atoms with van der Waals surface area (Å²) in [5.41, 5.74) is -2.15. The summed E-state index contributed by atoms with van der Waals surface area (Å²) in [6.45, 7) is 1.78. The van der Waals surface area contributed by atoms with Gasteiger partial charge in [-0.15, -0.1) is 0 Å². The molecule has 1 N–H and O–H groups in total. The van der Waals surface area contributed by atoms with Crippen molar-refractivity contribution in [2.45, 2.75) is 19.5 Å². The molecule has 1 aromatic rings. The van der Waals surface area contributed by atoms with Crippen molar-refractivity contribution >= 4 is 11.8 Å². The summed E-state index contributed by atoms with van der Waals surface area (Å²) in [5.74, 6) is -1.13. The molecule has 1 atom stereocenters. The molecule has 1 saturated heterocycles. The maximum absolute atomic E-state index is 12.7. The van der Waals surface area contributed by atoms with Crippen molar-refractivity contribution in [1.29, 1.82) is 5.26 Å². The lowest BCUT2D eigenvalue weighted by molar-refractivity contribution is -0.146.